The average Bonchev–Trinajstić information content (AvgIpc) is 2.88. The van der Waals surface area contributed by atoms with Crippen molar-refractivity contribution < 1.29 is 0 Å². The van der Waals surface area contributed by atoms with E-state index in [4.69, 9.17) is 0 Å². The quantitative estimate of drug-likeness (QED) is 0.891. The summed E-state index contributed by atoms with van der Waals surface area (Å²) in [5.41, 5.74) is 3.94. The molecular weight excluding hydrogens is 268 g/mol. The number of anilines is 2. The Morgan fingerprint density at radius 1 is 1.30 bits per heavy atom. The molecule has 0 spiro atoms. The van der Waals surface area contributed by atoms with Crippen molar-refractivity contribution in [3.8, 4) is 0 Å². The van der Waals surface area contributed by atoms with Crippen LogP contribution in [0.4, 0.5) is 10.8 Å². The lowest BCUT2D eigenvalue weighted by atomic mass is 9.96. The molecule has 3 rings (SSSR count). The molecule has 0 atom stereocenters. The fourth-order valence-electron chi connectivity index (χ4n) is 2.34. The van der Waals surface area contributed by atoms with Crippen LogP contribution >= 0.6 is 11.5 Å². The molecule has 0 saturated heterocycles. The zero-order chi connectivity index (χ0) is 14.2. The molecule has 0 amide bonds. The molecule has 1 aromatic carbocycles. The molecule has 2 heterocycles. The van der Waals surface area contributed by atoms with Gasteiger partial charge in [-0.25, -0.2) is 4.98 Å². The monoisotopic (exact) mass is 288 g/mol. The Balaban J connectivity index is 1.86. The number of nitrogens with zero attached hydrogens (tertiary/aromatic N) is 2. The minimum atomic E-state index is -0.00351. The van der Waals surface area contributed by atoms with E-state index in [2.05, 4.69) is 59.0 Å². The normalized spacial score (nSPS) is 14.9. The minimum absolute atomic E-state index is 0.00351. The SMILES string of the molecule is CC(C)(C)c1nsc(Nc2cccc3c2CCNC3)n1. The fourth-order valence-corrected chi connectivity index (χ4v) is 3.11. The van der Waals surface area contributed by atoms with E-state index in [0.29, 0.717) is 0 Å². The second-order valence-electron chi connectivity index (χ2n) is 6.17. The maximum atomic E-state index is 4.61. The zero-order valence-electron chi connectivity index (χ0n) is 12.2. The van der Waals surface area contributed by atoms with Gasteiger partial charge in [-0.05, 0) is 30.2 Å². The van der Waals surface area contributed by atoms with Crippen LogP contribution in [0.15, 0.2) is 18.2 Å². The number of hydrogen-bond donors (Lipinski definition) is 2. The lowest BCUT2D eigenvalue weighted by Crippen LogP contribution is -2.24. The molecule has 0 saturated carbocycles. The third-order valence-corrected chi connectivity index (χ3v) is 4.11. The van der Waals surface area contributed by atoms with Crippen molar-refractivity contribution in [3.05, 3.63) is 35.2 Å². The number of benzene rings is 1. The predicted octanol–water partition coefficient (Wildman–Crippen LogP) is 3.22. The Hall–Kier alpha value is -1.46. The van der Waals surface area contributed by atoms with Gasteiger partial charge in [0.15, 0.2) is 0 Å². The van der Waals surface area contributed by atoms with E-state index < -0.39 is 0 Å². The summed E-state index contributed by atoms with van der Waals surface area (Å²) in [7, 11) is 0. The van der Waals surface area contributed by atoms with E-state index in [1.807, 2.05) is 0 Å². The smallest absolute Gasteiger partial charge is 0.207 e. The number of aromatic nitrogens is 2. The molecule has 2 aromatic rings. The molecule has 0 radical (unpaired) electrons. The van der Waals surface area contributed by atoms with Gasteiger partial charge in [0.05, 0.1) is 0 Å². The van der Waals surface area contributed by atoms with E-state index in [1.165, 1.54) is 28.3 Å². The first-order chi connectivity index (χ1) is 9.54. The highest BCUT2D eigenvalue weighted by Crippen LogP contribution is 2.29. The molecule has 4 nitrogen and oxygen atoms in total. The lowest BCUT2D eigenvalue weighted by Gasteiger charge is -2.20. The number of nitrogens with one attached hydrogen (secondary N) is 2. The van der Waals surface area contributed by atoms with Crippen LogP contribution in [-0.4, -0.2) is 15.9 Å². The first-order valence-electron chi connectivity index (χ1n) is 6.97. The van der Waals surface area contributed by atoms with Crippen molar-refractivity contribution in [2.45, 2.75) is 39.2 Å². The van der Waals surface area contributed by atoms with Crippen LogP contribution in [0, 0.1) is 0 Å². The minimum Gasteiger partial charge on any atom is -0.330 e. The third-order valence-electron chi connectivity index (χ3n) is 3.48. The zero-order valence-corrected chi connectivity index (χ0v) is 13.0. The highest BCUT2D eigenvalue weighted by atomic mass is 32.1. The van der Waals surface area contributed by atoms with E-state index in [-0.39, 0.29) is 5.41 Å². The first-order valence-corrected chi connectivity index (χ1v) is 7.74. The van der Waals surface area contributed by atoms with Gasteiger partial charge < -0.3 is 10.6 Å². The summed E-state index contributed by atoms with van der Waals surface area (Å²) >= 11 is 1.43. The summed E-state index contributed by atoms with van der Waals surface area (Å²) in [6.07, 6.45) is 1.06. The molecule has 0 fully saturated rings. The van der Waals surface area contributed by atoms with Gasteiger partial charge in [-0.1, -0.05) is 32.9 Å². The summed E-state index contributed by atoms with van der Waals surface area (Å²) in [5, 5.41) is 7.72. The third kappa shape index (κ3) is 2.69. The van der Waals surface area contributed by atoms with Crippen LogP contribution in [0.2, 0.25) is 0 Å². The highest BCUT2D eigenvalue weighted by Gasteiger charge is 2.20. The number of rotatable bonds is 2. The van der Waals surface area contributed by atoms with Gasteiger partial charge in [-0.15, -0.1) is 0 Å². The Morgan fingerprint density at radius 3 is 2.90 bits per heavy atom. The molecular formula is C15H20N4S. The molecule has 106 valence electrons. The summed E-state index contributed by atoms with van der Waals surface area (Å²) in [6, 6.07) is 6.41. The maximum absolute atomic E-state index is 4.61. The van der Waals surface area contributed by atoms with E-state index in [0.717, 1.165) is 30.5 Å². The van der Waals surface area contributed by atoms with Crippen LogP contribution in [0.5, 0.6) is 0 Å². The van der Waals surface area contributed by atoms with Crippen LogP contribution in [-0.2, 0) is 18.4 Å². The van der Waals surface area contributed by atoms with Gasteiger partial charge >= 0.3 is 0 Å². The second-order valence-corrected chi connectivity index (χ2v) is 6.92. The van der Waals surface area contributed by atoms with Crippen molar-refractivity contribution >= 4 is 22.4 Å². The van der Waals surface area contributed by atoms with Crippen molar-refractivity contribution in [3.63, 3.8) is 0 Å². The summed E-state index contributed by atoms with van der Waals surface area (Å²) in [4.78, 5) is 4.61. The Labute approximate surface area is 123 Å². The van der Waals surface area contributed by atoms with E-state index in [1.54, 1.807) is 0 Å². The van der Waals surface area contributed by atoms with E-state index >= 15 is 0 Å². The van der Waals surface area contributed by atoms with Crippen LogP contribution in [0.1, 0.15) is 37.7 Å². The number of hydrogen-bond acceptors (Lipinski definition) is 5. The Morgan fingerprint density at radius 2 is 2.15 bits per heavy atom. The van der Waals surface area contributed by atoms with Gasteiger partial charge in [0.2, 0.25) is 5.13 Å². The second kappa shape index (κ2) is 5.14. The Kier molecular flexibility index (Phi) is 3.48. The molecule has 1 aromatic heterocycles. The maximum Gasteiger partial charge on any atom is 0.207 e. The van der Waals surface area contributed by atoms with Gasteiger partial charge in [-0.2, -0.15) is 4.37 Å². The average molecular weight is 288 g/mol. The molecule has 20 heavy (non-hydrogen) atoms. The molecule has 1 aliphatic rings. The topological polar surface area (TPSA) is 49.8 Å². The molecule has 0 bridgehead atoms. The number of fused-ring (bicyclic) bond motifs is 1. The molecule has 5 heteroatoms. The summed E-state index contributed by atoms with van der Waals surface area (Å²) < 4.78 is 4.45. The largest absolute Gasteiger partial charge is 0.330 e. The van der Waals surface area contributed by atoms with Crippen LogP contribution in [0.25, 0.3) is 0 Å². The molecule has 0 aliphatic carbocycles. The summed E-state index contributed by atoms with van der Waals surface area (Å²) in [6.45, 7) is 8.39. The van der Waals surface area contributed by atoms with Gasteiger partial charge in [0, 0.05) is 29.2 Å². The standard InChI is InChI=1S/C15H20N4S/c1-15(2,3)13-18-14(20-19-13)17-12-6-4-5-10-9-16-8-7-11(10)12/h4-6,16H,7-9H2,1-3H3,(H,17,18,19). The van der Waals surface area contributed by atoms with Crippen LogP contribution in [0.3, 0.4) is 0 Å². The van der Waals surface area contributed by atoms with Crippen molar-refractivity contribution in [1.29, 1.82) is 0 Å². The van der Waals surface area contributed by atoms with Crippen molar-refractivity contribution in [2.75, 3.05) is 11.9 Å². The van der Waals surface area contributed by atoms with Gasteiger partial charge in [0.25, 0.3) is 0 Å². The lowest BCUT2D eigenvalue weighted by molar-refractivity contribution is 0.555. The van der Waals surface area contributed by atoms with Crippen molar-refractivity contribution in [1.82, 2.24) is 14.7 Å². The summed E-state index contributed by atoms with van der Waals surface area (Å²) in [5.74, 6) is 0.900. The molecule has 1 aliphatic heterocycles. The molecule has 0 unspecified atom stereocenters. The first kappa shape index (κ1) is 13.5. The Bertz CT molecular complexity index is 613. The highest BCUT2D eigenvalue weighted by molar-refractivity contribution is 7.09. The van der Waals surface area contributed by atoms with Gasteiger partial charge in [-0.3, -0.25) is 0 Å². The van der Waals surface area contributed by atoms with Gasteiger partial charge in [0.1, 0.15) is 5.82 Å². The van der Waals surface area contributed by atoms with Crippen molar-refractivity contribution in [2.24, 2.45) is 0 Å². The van der Waals surface area contributed by atoms with E-state index in [9.17, 15) is 0 Å². The predicted molar refractivity (Wildman–Crippen MR) is 83.7 cm³/mol. The fraction of sp³-hybridized carbons (Fsp3) is 0.467. The molecule has 2 N–H and O–H groups in total. The van der Waals surface area contributed by atoms with Crippen LogP contribution < -0.4 is 10.6 Å².